The Labute approximate surface area is 189 Å². The highest BCUT2D eigenvalue weighted by Crippen LogP contribution is 2.37. The number of ether oxygens (including phenoxy) is 1. The number of methoxy groups -OCH3 is 1. The highest BCUT2D eigenvalue weighted by Gasteiger charge is 2.34. The van der Waals surface area contributed by atoms with Crippen LogP contribution in [-0.4, -0.2) is 47.2 Å². The summed E-state index contributed by atoms with van der Waals surface area (Å²) in [5, 5.41) is 6.44. The van der Waals surface area contributed by atoms with Crippen LogP contribution in [0.5, 0.6) is 6.01 Å². The average molecular weight is 450 g/mol. The Hall–Kier alpha value is -3.03. The number of fused-ring (bicyclic) bond motifs is 4. The topological polar surface area (TPSA) is 63.2 Å². The fourth-order valence-corrected chi connectivity index (χ4v) is 5.29. The molecule has 2 aromatic heterocycles. The second-order valence-electron chi connectivity index (χ2n) is 8.40. The third-order valence-electron chi connectivity index (χ3n) is 6.45. The van der Waals surface area contributed by atoms with Crippen molar-refractivity contribution in [3.05, 3.63) is 53.4 Å². The van der Waals surface area contributed by atoms with Gasteiger partial charge >= 0.3 is 6.01 Å². The van der Waals surface area contributed by atoms with Crippen LogP contribution in [0.4, 0.5) is 10.2 Å². The van der Waals surface area contributed by atoms with E-state index in [0.717, 1.165) is 36.7 Å². The molecule has 4 aromatic rings. The Bertz CT molecular complexity index is 1350. The minimum atomic E-state index is -0.505. The summed E-state index contributed by atoms with van der Waals surface area (Å²) in [6.45, 7) is 1.63. The largest absolute Gasteiger partial charge is 0.467 e. The number of rotatable bonds is 3. The third kappa shape index (κ3) is 3.07. The zero-order valence-corrected chi connectivity index (χ0v) is 18.2. The summed E-state index contributed by atoms with van der Waals surface area (Å²) in [6.07, 6.45) is 3.95. The molecule has 8 heteroatoms. The van der Waals surface area contributed by atoms with Gasteiger partial charge in [-0.3, -0.25) is 4.98 Å². The molecule has 0 amide bonds. The molecule has 2 fully saturated rings. The molecule has 0 spiro atoms. The number of benzene rings is 2. The van der Waals surface area contributed by atoms with Gasteiger partial charge in [0, 0.05) is 47.3 Å². The summed E-state index contributed by atoms with van der Waals surface area (Å²) in [6, 6.07) is 12.3. The fourth-order valence-electron chi connectivity index (χ4n) is 5.00. The highest BCUT2D eigenvalue weighted by atomic mass is 35.5. The number of nitrogens with one attached hydrogen (secondary N) is 1. The zero-order valence-electron chi connectivity index (χ0n) is 17.5. The number of hydrogen-bond acceptors (Lipinski definition) is 6. The van der Waals surface area contributed by atoms with Crippen molar-refractivity contribution >= 4 is 39.1 Å². The van der Waals surface area contributed by atoms with Gasteiger partial charge < -0.3 is 15.0 Å². The molecule has 0 aliphatic carbocycles. The third-order valence-corrected chi connectivity index (χ3v) is 6.77. The molecule has 0 radical (unpaired) electrons. The van der Waals surface area contributed by atoms with E-state index in [9.17, 15) is 0 Å². The molecule has 4 heterocycles. The van der Waals surface area contributed by atoms with Crippen molar-refractivity contribution in [1.82, 2.24) is 20.3 Å². The van der Waals surface area contributed by atoms with E-state index in [2.05, 4.69) is 25.2 Å². The second-order valence-corrected chi connectivity index (χ2v) is 8.81. The van der Waals surface area contributed by atoms with E-state index < -0.39 is 5.82 Å². The van der Waals surface area contributed by atoms with Crippen molar-refractivity contribution < 1.29 is 9.13 Å². The normalized spacial score (nSPS) is 20.3. The average Bonchev–Trinajstić information content (AvgIpc) is 3.16. The maximum Gasteiger partial charge on any atom is 0.318 e. The van der Waals surface area contributed by atoms with Gasteiger partial charge in [0.1, 0.15) is 17.0 Å². The minimum Gasteiger partial charge on any atom is -0.467 e. The number of pyridine rings is 1. The molecule has 162 valence electrons. The molecule has 2 saturated heterocycles. The molecular formula is C24H21ClFN5O. The summed E-state index contributed by atoms with van der Waals surface area (Å²) >= 11 is 6.48. The van der Waals surface area contributed by atoms with Crippen LogP contribution < -0.4 is 15.0 Å². The molecule has 0 saturated carbocycles. The van der Waals surface area contributed by atoms with Crippen LogP contribution in [-0.2, 0) is 0 Å². The van der Waals surface area contributed by atoms with Gasteiger partial charge in [-0.25, -0.2) is 4.39 Å². The fraction of sp³-hybridized carbons (Fsp3) is 0.292. The number of nitrogens with zero attached hydrogens (tertiary/aromatic N) is 4. The smallest absolute Gasteiger partial charge is 0.318 e. The lowest BCUT2D eigenvalue weighted by Crippen LogP contribution is -2.51. The molecule has 2 aliphatic rings. The summed E-state index contributed by atoms with van der Waals surface area (Å²) in [7, 11) is 1.50. The first-order chi connectivity index (χ1) is 15.6. The SMILES string of the molecule is COc1nc(N2CC3CCC(C2)N3)c2cnc(-c3cccc4cccc(Cl)c34)c(F)c2n1. The summed E-state index contributed by atoms with van der Waals surface area (Å²) in [4.78, 5) is 15.7. The van der Waals surface area contributed by atoms with Gasteiger partial charge in [-0.15, -0.1) is 0 Å². The van der Waals surface area contributed by atoms with Crippen molar-refractivity contribution in [3.63, 3.8) is 0 Å². The van der Waals surface area contributed by atoms with Crippen LogP contribution >= 0.6 is 11.6 Å². The molecular weight excluding hydrogens is 429 g/mol. The van der Waals surface area contributed by atoms with E-state index in [1.54, 1.807) is 12.3 Å². The van der Waals surface area contributed by atoms with Gasteiger partial charge in [0.15, 0.2) is 5.82 Å². The lowest BCUT2D eigenvalue weighted by molar-refractivity contribution is 0.380. The molecule has 6 rings (SSSR count). The van der Waals surface area contributed by atoms with Gasteiger partial charge in [0.05, 0.1) is 12.5 Å². The molecule has 2 unspecified atom stereocenters. The van der Waals surface area contributed by atoms with E-state index in [4.69, 9.17) is 16.3 Å². The first-order valence-electron chi connectivity index (χ1n) is 10.7. The summed E-state index contributed by atoms with van der Waals surface area (Å²) in [5.41, 5.74) is 1.04. The first-order valence-corrected chi connectivity index (χ1v) is 11.1. The van der Waals surface area contributed by atoms with Crippen molar-refractivity contribution in [2.75, 3.05) is 25.1 Å². The number of anilines is 1. The lowest BCUT2D eigenvalue weighted by Gasteiger charge is -2.34. The summed E-state index contributed by atoms with van der Waals surface area (Å²) < 4.78 is 21.3. The maximum absolute atomic E-state index is 16.0. The van der Waals surface area contributed by atoms with Gasteiger partial charge in [-0.05, 0) is 24.3 Å². The predicted molar refractivity (Wildman–Crippen MR) is 124 cm³/mol. The Balaban J connectivity index is 1.56. The minimum absolute atomic E-state index is 0.144. The molecule has 1 N–H and O–H groups in total. The van der Waals surface area contributed by atoms with Crippen molar-refractivity contribution in [2.45, 2.75) is 24.9 Å². The van der Waals surface area contributed by atoms with E-state index in [1.165, 1.54) is 7.11 Å². The van der Waals surface area contributed by atoms with Crippen LogP contribution in [0.2, 0.25) is 5.02 Å². The quantitative estimate of drug-likeness (QED) is 0.493. The molecule has 2 aliphatic heterocycles. The van der Waals surface area contributed by atoms with Crippen LogP contribution in [0, 0.1) is 5.82 Å². The van der Waals surface area contributed by atoms with E-state index in [1.807, 2.05) is 30.3 Å². The Morgan fingerprint density at radius 3 is 2.59 bits per heavy atom. The monoisotopic (exact) mass is 449 g/mol. The molecule has 2 bridgehead atoms. The Morgan fingerprint density at radius 2 is 1.84 bits per heavy atom. The number of halogens is 2. The van der Waals surface area contributed by atoms with E-state index in [0.29, 0.717) is 33.9 Å². The zero-order chi connectivity index (χ0) is 21.8. The number of hydrogen-bond donors (Lipinski definition) is 1. The first kappa shape index (κ1) is 19.6. The van der Waals surface area contributed by atoms with Crippen LogP contribution in [0.25, 0.3) is 32.9 Å². The number of aromatic nitrogens is 3. The Morgan fingerprint density at radius 1 is 1.09 bits per heavy atom. The van der Waals surface area contributed by atoms with Crippen LogP contribution in [0.15, 0.2) is 42.6 Å². The second kappa shape index (κ2) is 7.53. The summed E-state index contributed by atoms with van der Waals surface area (Å²) in [5.74, 6) is 0.161. The van der Waals surface area contributed by atoms with Gasteiger partial charge in [0.2, 0.25) is 0 Å². The van der Waals surface area contributed by atoms with Crippen molar-refractivity contribution in [3.8, 4) is 17.3 Å². The van der Waals surface area contributed by atoms with Gasteiger partial charge in [-0.2, -0.15) is 9.97 Å². The molecule has 6 nitrogen and oxygen atoms in total. The molecule has 2 aromatic carbocycles. The van der Waals surface area contributed by atoms with Crippen molar-refractivity contribution in [2.24, 2.45) is 0 Å². The lowest BCUT2D eigenvalue weighted by atomic mass is 10.0. The predicted octanol–water partition coefficient (Wildman–Crippen LogP) is 4.59. The van der Waals surface area contributed by atoms with Gasteiger partial charge in [-0.1, -0.05) is 41.9 Å². The van der Waals surface area contributed by atoms with Crippen LogP contribution in [0.3, 0.4) is 0 Å². The molecule has 32 heavy (non-hydrogen) atoms. The standard InChI is InChI=1S/C24H21ClFN5O/c1-32-24-29-22-17(23(30-24)31-11-14-8-9-15(12-31)28-14)10-27-21(20(22)26)16-6-2-4-13-5-3-7-18(25)19(13)16/h2-7,10,14-15,28H,8-9,11-12H2,1H3. The van der Waals surface area contributed by atoms with E-state index >= 15 is 4.39 Å². The highest BCUT2D eigenvalue weighted by molar-refractivity contribution is 6.36. The van der Waals surface area contributed by atoms with Crippen molar-refractivity contribution in [1.29, 1.82) is 0 Å². The Kier molecular flexibility index (Phi) is 4.62. The number of piperazine rings is 1. The van der Waals surface area contributed by atoms with Crippen LogP contribution in [0.1, 0.15) is 12.8 Å². The van der Waals surface area contributed by atoms with Gasteiger partial charge in [0.25, 0.3) is 0 Å². The van der Waals surface area contributed by atoms with E-state index in [-0.39, 0.29) is 17.2 Å². The maximum atomic E-state index is 16.0. The molecule has 2 atom stereocenters.